The van der Waals surface area contributed by atoms with Gasteiger partial charge >= 0.3 is 17.4 Å². The van der Waals surface area contributed by atoms with Crippen molar-refractivity contribution in [2.75, 3.05) is 13.2 Å². The summed E-state index contributed by atoms with van der Waals surface area (Å²) in [5, 5.41) is 12.1. The summed E-state index contributed by atoms with van der Waals surface area (Å²) < 4.78 is 48.3. The van der Waals surface area contributed by atoms with Crippen LogP contribution in [0.4, 0.5) is 13.2 Å². The van der Waals surface area contributed by atoms with Crippen LogP contribution in [0, 0.1) is 27.9 Å². The number of fused-ring (bicyclic) bond motifs is 5. The number of ether oxygens (including phenoxy) is 2. The molecule has 204 valence electrons. The molecule has 0 amide bonds. The highest BCUT2D eigenvalue weighted by Gasteiger charge is 2.43. The Labute approximate surface area is 219 Å². The van der Waals surface area contributed by atoms with E-state index in [0.29, 0.717) is 12.8 Å². The van der Waals surface area contributed by atoms with E-state index in [1.165, 1.54) is 11.1 Å². The standard InChI is InChI=1S/C27H34F3NO5S/c1-16-5-18-7-19(8-18)12-25(3,10-16)24(33)36-22(14-31(34)37-27(28,29)30)15-35-23(32)26(4)11-17(2)6-20-9-21(20)13-26/h5-6,12-13,16-17,22,31H,7-11,14-15H2,1-4H3. The molecular weight excluding hydrogens is 507 g/mol. The van der Waals surface area contributed by atoms with Crippen LogP contribution >= 0.6 is 11.9 Å². The molecule has 6 nitrogen and oxygen atoms in total. The lowest BCUT2D eigenvalue weighted by atomic mass is 9.71. The second-order valence-electron chi connectivity index (χ2n) is 11.5. The molecule has 0 aliphatic heterocycles. The van der Waals surface area contributed by atoms with E-state index in [-0.39, 0.29) is 11.8 Å². The summed E-state index contributed by atoms with van der Waals surface area (Å²) >= 11 is -0.776. The van der Waals surface area contributed by atoms with Gasteiger partial charge in [-0.2, -0.15) is 13.2 Å². The molecule has 10 heteroatoms. The molecule has 0 heterocycles. The van der Waals surface area contributed by atoms with Gasteiger partial charge in [0.2, 0.25) is 0 Å². The first-order valence-corrected chi connectivity index (χ1v) is 13.5. The zero-order chi connectivity index (χ0) is 27.2. The molecule has 1 N–H and O–H groups in total. The van der Waals surface area contributed by atoms with Crippen LogP contribution in [0.15, 0.2) is 46.6 Å². The van der Waals surface area contributed by atoms with Crippen LogP contribution in [-0.2, 0) is 19.1 Å². The molecule has 5 rings (SSSR count). The number of esters is 2. The van der Waals surface area contributed by atoms with Crippen molar-refractivity contribution in [3.05, 3.63) is 51.8 Å². The summed E-state index contributed by atoms with van der Waals surface area (Å²) in [5.41, 5.74) is -1.92. The van der Waals surface area contributed by atoms with Gasteiger partial charge < -0.3 is 14.7 Å². The van der Waals surface area contributed by atoms with Crippen molar-refractivity contribution in [2.24, 2.45) is 22.7 Å². The Hall–Kier alpha value is -2.04. The minimum Gasteiger partial charge on any atom is -0.621 e. The molecule has 0 aromatic heterocycles. The van der Waals surface area contributed by atoms with Gasteiger partial charge in [0.05, 0.1) is 10.8 Å². The summed E-state index contributed by atoms with van der Waals surface area (Å²) in [6.45, 7) is 6.32. The molecule has 2 fully saturated rings. The highest BCUT2D eigenvalue weighted by atomic mass is 32.2. The number of rotatable bonds is 8. The Morgan fingerprint density at radius 1 is 1.03 bits per heavy atom. The highest BCUT2D eigenvalue weighted by molar-refractivity contribution is 7.93. The van der Waals surface area contributed by atoms with Gasteiger partial charge in [-0.05, 0) is 68.9 Å². The fourth-order valence-electron chi connectivity index (χ4n) is 5.77. The number of carbonyl (C=O) groups is 2. The lowest BCUT2D eigenvalue weighted by Crippen LogP contribution is -3.02. The van der Waals surface area contributed by atoms with Crippen LogP contribution in [-0.4, -0.2) is 36.7 Å². The van der Waals surface area contributed by atoms with Gasteiger partial charge in [0.25, 0.3) is 0 Å². The lowest BCUT2D eigenvalue weighted by Gasteiger charge is -2.36. The van der Waals surface area contributed by atoms with Gasteiger partial charge in [0.1, 0.15) is 13.2 Å². The van der Waals surface area contributed by atoms with Gasteiger partial charge in [-0.15, -0.1) is 0 Å². The Morgan fingerprint density at radius 3 is 2.30 bits per heavy atom. The highest BCUT2D eigenvalue weighted by Crippen LogP contribution is 2.47. The second kappa shape index (κ2) is 10.3. The number of hydrogen-bond acceptors (Lipinski definition) is 6. The molecule has 6 unspecified atom stereocenters. The summed E-state index contributed by atoms with van der Waals surface area (Å²) in [5.74, 6) is -0.928. The molecule has 5 aliphatic carbocycles. The largest absolute Gasteiger partial charge is 0.621 e. The minimum atomic E-state index is -4.76. The van der Waals surface area contributed by atoms with Gasteiger partial charge in [0.15, 0.2) is 18.1 Å². The van der Waals surface area contributed by atoms with Crippen molar-refractivity contribution >= 4 is 23.9 Å². The Balaban J connectivity index is 1.46. The fourth-order valence-corrected chi connectivity index (χ4v) is 6.30. The maximum Gasteiger partial charge on any atom is 0.496 e. The van der Waals surface area contributed by atoms with E-state index in [9.17, 15) is 28.0 Å². The van der Waals surface area contributed by atoms with Crippen molar-refractivity contribution in [3.8, 4) is 0 Å². The van der Waals surface area contributed by atoms with Crippen LogP contribution in [0.3, 0.4) is 0 Å². The number of allylic oxidation sites excluding steroid dienone is 6. The number of halogens is 3. The second-order valence-corrected chi connectivity index (χ2v) is 12.6. The van der Waals surface area contributed by atoms with E-state index < -0.39 is 63.9 Å². The third-order valence-corrected chi connectivity index (χ3v) is 7.95. The first-order chi connectivity index (χ1) is 17.1. The Morgan fingerprint density at radius 2 is 1.65 bits per heavy atom. The van der Waals surface area contributed by atoms with E-state index in [4.69, 9.17) is 9.47 Å². The van der Waals surface area contributed by atoms with Crippen molar-refractivity contribution in [1.82, 2.24) is 0 Å². The smallest absolute Gasteiger partial charge is 0.496 e. The van der Waals surface area contributed by atoms with E-state index in [2.05, 4.69) is 12.2 Å². The molecule has 0 aromatic rings. The van der Waals surface area contributed by atoms with Crippen LogP contribution in [0.1, 0.15) is 59.8 Å². The molecule has 0 saturated heterocycles. The van der Waals surface area contributed by atoms with Crippen LogP contribution in [0.2, 0.25) is 0 Å². The summed E-state index contributed by atoms with van der Waals surface area (Å²) in [7, 11) is 0. The summed E-state index contributed by atoms with van der Waals surface area (Å²) in [4.78, 5) is 26.4. The van der Waals surface area contributed by atoms with Crippen LogP contribution in [0.25, 0.3) is 0 Å². The van der Waals surface area contributed by atoms with Crippen molar-refractivity contribution < 1.29 is 36.7 Å². The first kappa shape index (κ1) is 28.0. The number of nitrogens with one attached hydrogen (secondary N) is 1. The predicted octanol–water partition coefficient (Wildman–Crippen LogP) is 4.99. The average molecular weight is 542 g/mol. The number of alkyl halides is 3. The number of hydroxylamine groups is 1. The molecule has 0 aromatic carbocycles. The van der Waals surface area contributed by atoms with Crippen molar-refractivity contribution in [2.45, 2.75) is 71.4 Å². The predicted molar refractivity (Wildman–Crippen MR) is 134 cm³/mol. The van der Waals surface area contributed by atoms with E-state index in [1.807, 2.05) is 26.0 Å². The molecule has 0 radical (unpaired) electrons. The Bertz CT molecular complexity index is 1070. The molecule has 2 saturated carbocycles. The third kappa shape index (κ3) is 7.09. The van der Waals surface area contributed by atoms with Crippen molar-refractivity contribution in [1.29, 1.82) is 0 Å². The minimum absolute atomic E-state index is 0.107. The number of carbonyl (C=O) groups excluding carboxylic acids is 2. The first-order valence-electron chi connectivity index (χ1n) is 12.6. The zero-order valence-electron chi connectivity index (χ0n) is 21.6. The van der Waals surface area contributed by atoms with E-state index in [1.54, 1.807) is 13.8 Å². The summed E-state index contributed by atoms with van der Waals surface area (Å²) in [6, 6.07) is 0. The van der Waals surface area contributed by atoms with E-state index >= 15 is 0 Å². The van der Waals surface area contributed by atoms with Gasteiger partial charge in [-0.25, -0.2) is 0 Å². The number of hydrogen-bond donors (Lipinski definition) is 1. The maximum atomic E-state index is 13.3. The van der Waals surface area contributed by atoms with Crippen LogP contribution < -0.4 is 4.47 Å². The SMILES string of the molecule is CC1C=C2CC2=CC(C)(C(=O)OCC(C[NH+]([O-])SC(F)(F)F)OC(=O)C2(C)C=C3CC(=CC(C)C2)C3)C1. The zero-order valence-corrected chi connectivity index (χ0v) is 22.4. The van der Waals surface area contributed by atoms with Gasteiger partial charge in [0, 0.05) is 0 Å². The molecule has 6 atom stereocenters. The van der Waals surface area contributed by atoms with E-state index in [0.717, 1.165) is 30.4 Å². The molecule has 37 heavy (non-hydrogen) atoms. The van der Waals surface area contributed by atoms with Gasteiger partial charge in [-0.1, -0.05) is 49.3 Å². The quantitative estimate of drug-likeness (QED) is 0.202. The van der Waals surface area contributed by atoms with Crippen molar-refractivity contribution in [3.63, 3.8) is 0 Å². The molecule has 0 spiro atoms. The van der Waals surface area contributed by atoms with Gasteiger partial charge in [-0.3, -0.25) is 14.1 Å². The maximum absolute atomic E-state index is 13.3. The number of quaternary nitrogens is 1. The van der Waals surface area contributed by atoms with Crippen LogP contribution in [0.5, 0.6) is 0 Å². The monoisotopic (exact) mass is 541 g/mol. The molecular formula is C27H34F3NO5S. The molecule has 5 aliphatic rings. The fraction of sp³-hybridized carbons (Fsp3) is 0.630. The topological polar surface area (TPSA) is 80.1 Å². The third-order valence-electron chi connectivity index (χ3n) is 7.32. The Kier molecular flexibility index (Phi) is 7.76. The average Bonchev–Trinajstić information content (AvgIpc) is 3.43. The summed E-state index contributed by atoms with van der Waals surface area (Å²) in [6.07, 6.45) is 10.2. The lowest BCUT2D eigenvalue weighted by molar-refractivity contribution is -0.703. The normalized spacial score (nSPS) is 32.4. The molecule has 2 bridgehead atoms.